The molecule has 0 aliphatic heterocycles. The molecule has 68 valence electrons. The van der Waals surface area contributed by atoms with Crippen LogP contribution >= 0.6 is 0 Å². The minimum absolute atomic E-state index is 0. The van der Waals surface area contributed by atoms with Gasteiger partial charge in [0.1, 0.15) is 0 Å². The highest BCUT2D eigenvalue weighted by molar-refractivity contribution is 5.62. The van der Waals surface area contributed by atoms with Crippen molar-refractivity contribution in [2.75, 3.05) is 0 Å². The van der Waals surface area contributed by atoms with Crippen molar-refractivity contribution in [2.24, 2.45) is 4.99 Å². The van der Waals surface area contributed by atoms with Gasteiger partial charge in [-0.1, -0.05) is 20.4 Å². The first-order valence-corrected chi connectivity index (χ1v) is 4.06. The van der Waals surface area contributed by atoms with Gasteiger partial charge in [-0.3, -0.25) is 4.99 Å². The van der Waals surface area contributed by atoms with Crippen molar-refractivity contribution >= 4 is 18.5 Å². The van der Waals surface area contributed by atoms with Gasteiger partial charge in [0.15, 0.2) is 0 Å². The van der Waals surface area contributed by atoms with E-state index in [1.807, 2.05) is 26.8 Å². The molecule has 12 heavy (non-hydrogen) atoms. The summed E-state index contributed by atoms with van der Waals surface area (Å²) in [7, 11) is 0. The second-order valence-corrected chi connectivity index (χ2v) is 2.11. The van der Waals surface area contributed by atoms with Gasteiger partial charge in [-0.2, -0.15) is 0 Å². The first kappa shape index (κ1) is 10.7. The number of nitrogens with zero attached hydrogens (tertiary/aromatic N) is 1. The van der Waals surface area contributed by atoms with Crippen LogP contribution in [0.5, 0.6) is 0 Å². The normalized spacial score (nSPS) is 8.25. The molecule has 0 amide bonds. The van der Waals surface area contributed by atoms with Crippen LogP contribution in [0.1, 0.15) is 26.7 Å². The fourth-order valence-corrected chi connectivity index (χ4v) is 0.882. The van der Waals surface area contributed by atoms with Gasteiger partial charge in [0.05, 0.1) is 11.4 Å². The van der Waals surface area contributed by atoms with Gasteiger partial charge in [0, 0.05) is 7.12 Å². The van der Waals surface area contributed by atoms with Crippen molar-refractivity contribution in [1.82, 2.24) is 4.98 Å². The van der Waals surface area contributed by atoms with Crippen LogP contribution in [-0.2, 0) is 0 Å². The first-order valence-electron chi connectivity index (χ1n) is 4.06. The Morgan fingerprint density at radius 1 is 1.58 bits per heavy atom. The van der Waals surface area contributed by atoms with E-state index in [2.05, 4.69) is 23.3 Å². The molecule has 1 aromatic heterocycles. The predicted octanol–water partition coefficient (Wildman–Crippen LogP) is 3.57. The smallest absolute Gasteiger partial charge is 0.0874 e. The number of aromatic amines is 1. The van der Waals surface area contributed by atoms with Crippen molar-refractivity contribution < 1.29 is 1.43 Å². The lowest BCUT2D eigenvalue weighted by atomic mass is 10.3. The molecule has 1 aromatic rings. The van der Waals surface area contributed by atoms with Crippen LogP contribution in [-0.4, -0.2) is 11.7 Å². The zero-order chi connectivity index (χ0) is 9.56. The lowest BCUT2D eigenvalue weighted by Gasteiger charge is -1.86. The Kier molecular flexibility index (Phi) is 4.77. The first-order chi connectivity index (χ1) is 5.77. The van der Waals surface area contributed by atoms with Crippen LogP contribution in [0.25, 0.3) is 6.08 Å². The van der Waals surface area contributed by atoms with Gasteiger partial charge < -0.3 is 4.98 Å². The molecule has 2 nitrogen and oxygen atoms in total. The van der Waals surface area contributed by atoms with E-state index in [0.717, 1.165) is 17.1 Å². The summed E-state index contributed by atoms with van der Waals surface area (Å²) in [5, 5.41) is 0. The third-order valence-electron chi connectivity index (χ3n) is 1.34. The van der Waals surface area contributed by atoms with Crippen LogP contribution in [0.3, 0.4) is 0 Å². The molecule has 1 N–H and O–H groups in total. The zero-order valence-corrected chi connectivity index (χ0v) is 8.02. The van der Waals surface area contributed by atoms with Gasteiger partial charge in [0.2, 0.25) is 0 Å². The molecule has 0 aliphatic carbocycles. The summed E-state index contributed by atoms with van der Waals surface area (Å²) in [6, 6.07) is 1.93. The van der Waals surface area contributed by atoms with E-state index in [-0.39, 0.29) is 1.43 Å². The number of aromatic nitrogens is 1. The second-order valence-electron chi connectivity index (χ2n) is 2.11. The number of aryl methyl sites for hydroxylation is 1. The van der Waals surface area contributed by atoms with Gasteiger partial charge in [-0.25, -0.2) is 0 Å². The van der Waals surface area contributed by atoms with Crippen molar-refractivity contribution in [1.29, 1.82) is 0 Å². The minimum atomic E-state index is 0. The molecule has 0 saturated carbocycles. The SMILES string of the molecule is C=Cc1[nH]c(C)cc1N=C.CC.[HH]. The monoisotopic (exact) mass is 166 g/mol. The molecule has 1 rings (SSSR count). The summed E-state index contributed by atoms with van der Waals surface area (Å²) in [6.45, 7) is 13.0. The molecule has 0 unspecified atom stereocenters. The molecule has 0 fully saturated rings. The van der Waals surface area contributed by atoms with E-state index >= 15 is 0 Å². The quantitative estimate of drug-likeness (QED) is 0.651. The van der Waals surface area contributed by atoms with E-state index in [1.54, 1.807) is 6.08 Å². The molecule has 0 aromatic carbocycles. The number of hydrogen-bond donors (Lipinski definition) is 1. The zero-order valence-electron chi connectivity index (χ0n) is 8.02. The maximum Gasteiger partial charge on any atom is 0.0874 e. The lowest BCUT2D eigenvalue weighted by Crippen LogP contribution is -1.69. The Hall–Kier alpha value is -1.31. The van der Waals surface area contributed by atoms with Crippen molar-refractivity contribution in [3.63, 3.8) is 0 Å². The third-order valence-corrected chi connectivity index (χ3v) is 1.34. The topological polar surface area (TPSA) is 28.1 Å². The molecule has 0 saturated heterocycles. The highest BCUT2D eigenvalue weighted by Crippen LogP contribution is 2.19. The lowest BCUT2D eigenvalue weighted by molar-refractivity contribution is 1.25. The van der Waals surface area contributed by atoms with E-state index in [4.69, 9.17) is 0 Å². The Balaban J connectivity index is 0. The molecular formula is C10H18N2. The fourth-order valence-electron chi connectivity index (χ4n) is 0.882. The van der Waals surface area contributed by atoms with E-state index in [9.17, 15) is 0 Å². The largest absolute Gasteiger partial charge is 0.357 e. The molecular weight excluding hydrogens is 148 g/mol. The Labute approximate surface area is 75.5 Å². The highest BCUT2D eigenvalue weighted by atomic mass is 14.8. The predicted molar refractivity (Wildman–Crippen MR) is 58.3 cm³/mol. The fraction of sp³-hybridized carbons (Fsp3) is 0.300. The molecule has 0 aliphatic rings. The molecule has 0 spiro atoms. The summed E-state index contributed by atoms with van der Waals surface area (Å²) >= 11 is 0. The van der Waals surface area contributed by atoms with Crippen LogP contribution in [0.15, 0.2) is 17.6 Å². The van der Waals surface area contributed by atoms with Crippen molar-refractivity contribution in [3.05, 3.63) is 24.0 Å². The second kappa shape index (κ2) is 5.35. The number of rotatable bonds is 2. The standard InChI is InChI=1S/C8H10N2.C2H6.H2/c1-4-7-8(9-3)5-6(2)10-7;1-2;/h4-5,10H,1,3H2,2H3;1-2H3;1H. The molecule has 0 atom stereocenters. The highest BCUT2D eigenvalue weighted by Gasteiger charge is 1.98. The molecule has 0 radical (unpaired) electrons. The van der Waals surface area contributed by atoms with Crippen LogP contribution < -0.4 is 0 Å². The molecule has 2 heteroatoms. The Morgan fingerprint density at radius 2 is 2.17 bits per heavy atom. The van der Waals surface area contributed by atoms with Crippen molar-refractivity contribution in [2.45, 2.75) is 20.8 Å². The number of aliphatic imine (C=N–C) groups is 1. The van der Waals surface area contributed by atoms with E-state index < -0.39 is 0 Å². The maximum absolute atomic E-state index is 3.81. The van der Waals surface area contributed by atoms with Gasteiger partial charge in [0.25, 0.3) is 0 Å². The summed E-state index contributed by atoms with van der Waals surface area (Å²) in [6.07, 6.45) is 1.73. The summed E-state index contributed by atoms with van der Waals surface area (Å²) in [5.74, 6) is 0. The van der Waals surface area contributed by atoms with Crippen LogP contribution in [0, 0.1) is 6.92 Å². The number of hydrogen-bond acceptors (Lipinski definition) is 1. The number of nitrogens with one attached hydrogen (secondary N) is 1. The Morgan fingerprint density at radius 3 is 2.50 bits per heavy atom. The van der Waals surface area contributed by atoms with Crippen molar-refractivity contribution in [3.8, 4) is 0 Å². The van der Waals surface area contributed by atoms with E-state index in [1.165, 1.54) is 0 Å². The number of H-pyrrole nitrogens is 1. The van der Waals surface area contributed by atoms with Gasteiger partial charge in [-0.05, 0) is 25.8 Å². The average Bonchev–Trinajstić information content (AvgIpc) is 2.49. The summed E-state index contributed by atoms with van der Waals surface area (Å²) in [4.78, 5) is 6.90. The Bertz CT molecular complexity index is 238. The van der Waals surface area contributed by atoms with Gasteiger partial charge >= 0.3 is 0 Å². The van der Waals surface area contributed by atoms with E-state index in [0.29, 0.717) is 0 Å². The third kappa shape index (κ3) is 2.38. The maximum atomic E-state index is 3.81. The summed E-state index contributed by atoms with van der Waals surface area (Å²) in [5.41, 5.74) is 2.89. The molecule has 1 heterocycles. The van der Waals surface area contributed by atoms with Gasteiger partial charge in [-0.15, -0.1) is 0 Å². The molecule has 0 bridgehead atoms. The van der Waals surface area contributed by atoms with Crippen LogP contribution in [0.4, 0.5) is 5.69 Å². The summed E-state index contributed by atoms with van der Waals surface area (Å²) < 4.78 is 0. The van der Waals surface area contributed by atoms with Crippen LogP contribution in [0.2, 0.25) is 0 Å². The average molecular weight is 166 g/mol. The minimum Gasteiger partial charge on any atom is -0.357 e.